The van der Waals surface area contributed by atoms with Crippen molar-refractivity contribution in [2.24, 2.45) is 0 Å². The highest BCUT2D eigenvalue weighted by Crippen LogP contribution is 2.16. The smallest absolute Gasteiger partial charge is 0.308 e. The van der Waals surface area contributed by atoms with Crippen LogP contribution in [-0.4, -0.2) is 59.3 Å². The Bertz CT molecular complexity index is 476. The number of amides is 1. The van der Waals surface area contributed by atoms with E-state index in [1.165, 1.54) is 7.11 Å². The standard InChI is InChI=1S/C11H15N3O4S/c1-7-10(19-13-12-7)11(16)14-3-4-18-8(6-14)5-9(15)17-2/h8H,3-6H2,1-2H3. The summed E-state index contributed by atoms with van der Waals surface area (Å²) in [5, 5.41) is 3.83. The molecule has 0 spiro atoms. The number of carbonyl (C=O) groups is 2. The Kier molecular flexibility index (Phi) is 4.43. The van der Waals surface area contributed by atoms with Gasteiger partial charge in [-0.1, -0.05) is 4.49 Å². The Morgan fingerprint density at radius 3 is 3.00 bits per heavy atom. The van der Waals surface area contributed by atoms with Crippen molar-refractivity contribution in [3.8, 4) is 0 Å². The summed E-state index contributed by atoms with van der Waals surface area (Å²) in [4.78, 5) is 25.7. The lowest BCUT2D eigenvalue weighted by Crippen LogP contribution is -2.46. The van der Waals surface area contributed by atoms with Gasteiger partial charge in [0, 0.05) is 13.1 Å². The monoisotopic (exact) mass is 285 g/mol. The molecule has 0 aromatic carbocycles. The highest BCUT2D eigenvalue weighted by molar-refractivity contribution is 7.07. The van der Waals surface area contributed by atoms with Gasteiger partial charge in [0.1, 0.15) is 4.88 Å². The maximum atomic E-state index is 12.3. The molecule has 1 amide bonds. The Morgan fingerprint density at radius 2 is 2.37 bits per heavy atom. The molecule has 104 valence electrons. The summed E-state index contributed by atoms with van der Waals surface area (Å²) in [7, 11) is 1.33. The van der Waals surface area contributed by atoms with Crippen molar-refractivity contribution in [2.45, 2.75) is 19.4 Å². The second kappa shape index (κ2) is 6.07. The molecule has 8 heteroatoms. The van der Waals surface area contributed by atoms with Crippen molar-refractivity contribution in [3.63, 3.8) is 0 Å². The topological polar surface area (TPSA) is 81.6 Å². The van der Waals surface area contributed by atoms with Crippen LogP contribution in [0.2, 0.25) is 0 Å². The molecule has 0 radical (unpaired) electrons. The summed E-state index contributed by atoms with van der Waals surface area (Å²) in [6, 6.07) is 0. The van der Waals surface area contributed by atoms with Gasteiger partial charge >= 0.3 is 5.97 Å². The summed E-state index contributed by atoms with van der Waals surface area (Å²) in [6.07, 6.45) is -0.161. The van der Waals surface area contributed by atoms with Crippen LogP contribution in [-0.2, 0) is 14.3 Å². The number of ether oxygens (including phenoxy) is 2. The van der Waals surface area contributed by atoms with Crippen LogP contribution in [0.15, 0.2) is 0 Å². The molecule has 0 aliphatic carbocycles. The fourth-order valence-electron chi connectivity index (χ4n) is 1.87. The number of rotatable bonds is 3. The first-order valence-electron chi connectivity index (χ1n) is 5.88. The normalized spacial score (nSPS) is 19.3. The van der Waals surface area contributed by atoms with E-state index < -0.39 is 0 Å². The first-order valence-corrected chi connectivity index (χ1v) is 6.65. The van der Waals surface area contributed by atoms with Crippen molar-refractivity contribution in [1.29, 1.82) is 0 Å². The minimum Gasteiger partial charge on any atom is -0.469 e. The molecule has 1 aliphatic rings. The summed E-state index contributed by atoms with van der Waals surface area (Å²) >= 11 is 1.09. The van der Waals surface area contributed by atoms with Crippen LogP contribution in [0, 0.1) is 6.92 Å². The van der Waals surface area contributed by atoms with E-state index in [0.29, 0.717) is 30.3 Å². The van der Waals surface area contributed by atoms with Gasteiger partial charge in [-0.15, -0.1) is 5.10 Å². The average molecular weight is 285 g/mol. The van der Waals surface area contributed by atoms with Gasteiger partial charge in [0.25, 0.3) is 5.91 Å². The minimum atomic E-state index is -0.338. The molecule has 7 nitrogen and oxygen atoms in total. The zero-order valence-electron chi connectivity index (χ0n) is 10.8. The van der Waals surface area contributed by atoms with Crippen molar-refractivity contribution < 1.29 is 19.1 Å². The van der Waals surface area contributed by atoms with E-state index in [4.69, 9.17) is 4.74 Å². The molecule has 1 atom stereocenters. The zero-order chi connectivity index (χ0) is 13.8. The van der Waals surface area contributed by atoms with Gasteiger partial charge < -0.3 is 14.4 Å². The highest BCUT2D eigenvalue weighted by atomic mass is 32.1. The van der Waals surface area contributed by atoms with Crippen molar-refractivity contribution >= 4 is 23.4 Å². The molecule has 1 fully saturated rings. The fraction of sp³-hybridized carbons (Fsp3) is 0.636. The van der Waals surface area contributed by atoms with Gasteiger partial charge in [-0.3, -0.25) is 9.59 Å². The number of methoxy groups -OCH3 is 1. The van der Waals surface area contributed by atoms with Gasteiger partial charge in [-0.25, -0.2) is 0 Å². The number of esters is 1. The van der Waals surface area contributed by atoms with E-state index in [0.717, 1.165) is 11.5 Å². The molecular formula is C11H15N3O4S. The lowest BCUT2D eigenvalue weighted by atomic mass is 10.2. The Labute approximate surface area is 114 Å². The second-order valence-corrected chi connectivity index (χ2v) is 4.97. The van der Waals surface area contributed by atoms with Crippen LogP contribution in [0.25, 0.3) is 0 Å². The lowest BCUT2D eigenvalue weighted by Gasteiger charge is -2.32. The van der Waals surface area contributed by atoms with E-state index in [1.807, 2.05) is 0 Å². The van der Waals surface area contributed by atoms with Crippen LogP contribution >= 0.6 is 11.5 Å². The Morgan fingerprint density at radius 1 is 1.58 bits per heavy atom. The zero-order valence-corrected chi connectivity index (χ0v) is 11.6. The number of aromatic nitrogens is 2. The predicted molar refractivity (Wildman–Crippen MR) is 66.9 cm³/mol. The maximum absolute atomic E-state index is 12.3. The first kappa shape index (κ1) is 13.9. The van der Waals surface area contributed by atoms with Gasteiger partial charge in [0.05, 0.1) is 31.9 Å². The van der Waals surface area contributed by atoms with E-state index in [2.05, 4.69) is 14.3 Å². The number of morpholine rings is 1. The SMILES string of the molecule is COC(=O)CC1CN(C(=O)c2snnc2C)CCO1. The number of carbonyl (C=O) groups excluding carboxylic acids is 2. The largest absolute Gasteiger partial charge is 0.469 e. The number of hydrogen-bond donors (Lipinski definition) is 0. The van der Waals surface area contributed by atoms with Gasteiger partial charge in [0.15, 0.2) is 0 Å². The fourth-order valence-corrected chi connectivity index (χ4v) is 2.49. The third kappa shape index (κ3) is 3.27. The number of aryl methyl sites for hydroxylation is 1. The van der Waals surface area contributed by atoms with E-state index in [-0.39, 0.29) is 24.4 Å². The third-order valence-corrected chi connectivity index (χ3v) is 3.71. The molecular weight excluding hydrogens is 270 g/mol. The Balaban J connectivity index is 1.99. The van der Waals surface area contributed by atoms with Crippen LogP contribution in [0.3, 0.4) is 0 Å². The Hall–Kier alpha value is -1.54. The van der Waals surface area contributed by atoms with Crippen molar-refractivity contribution in [2.75, 3.05) is 26.8 Å². The molecule has 2 rings (SSSR count). The molecule has 1 aliphatic heterocycles. The van der Waals surface area contributed by atoms with E-state index in [9.17, 15) is 9.59 Å². The molecule has 1 unspecified atom stereocenters. The maximum Gasteiger partial charge on any atom is 0.308 e. The third-order valence-electron chi connectivity index (χ3n) is 2.89. The van der Waals surface area contributed by atoms with Crippen molar-refractivity contribution in [1.82, 2.24) is 14.5 Å². The molecule has 1 aromatic heterocycles. The summed E-state index contributed by atoms with van der Waals surface area (Å²) in [5.74, 6) is -0.444. The summed E-state index contributed by atoms with van der Waals surface area (Å²) < 4.78 is 13.8. The van der Waals surface area contributed by atoms with Crippen molar-refractivity contribution in [3.05, 3.63) is 10.6 Å². The summed E-state index contributed by atoms with van der Waals surface area (Å²) in [6.45, 7) is 3.06. The molecule has 1 saturated heterocycles. The number of hydrogen-bond acceptors (Lipinski definition) is 7. The van der Waals surface area contributed by atoms with Crippen LogP contribution < -0.4 is 0 Å². The van der Waals surface area contributed by atoms with E-state index >= 15 is 0 Å². The van der Waals surface area contributed by atoms with Crippen LogP contribution in [0.4, 0.5) is 0 Å². The highest BCUT2D eigenvalue weighted by Gasteiger charge is 2.28. The summed E-state index contributed by atoms with van der Waals surface area (Å²) in [5.41, 5.74) is 0.631. The van der Waals surface area contributed by atoms with Gasteiger partial charge in [-0.2, -0.15) is 0 Å². The van der Waals surface area contributed by atoms with Crippen LogP contribution in [0.1, 0.15) is 21.8 Å². The first-order chi connectivity index (χ1) is 9.11. The number of nitrogens with zero attached hydrogens (tertiary/aromatic N) is 3. The molecule has 19 heavy (non-hydrogen) atoms. The van der Waals surface area contributed by atoms with E-state index in [1.54, 1.807) is 11.8 Å². The average Bonchev–Trinajstić information content (AvgIpc) is 2.84. The molecule has 1 aromatic rings. The quantitative estimate of drug-likeness (QED) is 0.740. The van der Waals surface area contributed by atoms with Crippen LogP contribution in [0.5, 0.6) is 0 Å². The predicted octanol–water partition coefficient (Wildman–Crippen LogP) is 0.251. The molecule has 0 bridgehead atoms. The van der Waals surface area contributed by atoms with Gasteiger partial charge in [0.2, 0.25) is 0 Å². The lowest BCUT2D eigenvalue weighted by molar-refractivity contribution is -0.145. The molecule has 0 N–H and O–H groups in total. The second-order valence-electron chi connectivity index (χ2n) is 4.21. The molecule has 2 heterocycles. The minimum absolute atomic E-state index is 0.106. The molecule has 0 saturated carbocycles. The van der Waals surface area contributed by atoms with Gasteiger partial charge in [-0.05, 0) is 18.5 Å².